The van der Waals surface area contributed by atoms with Crippen LogP contribution in [0.3, 0.4) is 0 Å². The third-order valence-corrected chi connectivity index (χ3v) is 3.65. The van der Waals surface area contributed by atoms with Gasteiger partial charge in [0.1, 0.15) is 12.4 Å². The van der Waals surface area contributed by atoms with Crippen molar-refractivity contribution in [3.8, 4) is 0 Å². The van der Waals surface area contributed by atoms with Gasteiger partial charge in [0.15, 0.2) is 0 Å². The van der Waals surface area contributed by atoms with E-state index in [1.165, 1.54) is 0 Å². The number of nitrogens with one attached hydrogen (secondary N) is 1. The molecule has 0 aromatic carbocycles. The van der Waals surface area contributed by atoms with Crippen LogP contribution >= 0.6 is 24.8 Å². The molecule has 8 heteroatoms. The fourth-order valence-electron chi connectivity index (χ4n) is 2.38. The number of halogens is 2. The van der Waals surface area contributed by atoms with E-state index < -0.39 is 0 Å². The van der Waals surface area contributed by atoms with Gasteiger partial charge in [-0.05, 0) is 37.3 Å². The number of anilines is 1. The van der Waals surface area contributed by atoms with Gasteiger partial charge in [0, 0.05) is 25.4 Å². The summed E-state index contributed by atoms with van der Waals surface area (Å²) < 4.78 is 10.4. The lowest BCUT2D eigenvalue weighted by Crippen LogP contribution is -2.39. The van der Waals surface area contributed by atoms with Crippen LogP contribution in [-0.4, -0.2) is 43.4 Å². The first-order valence-electron chi connectivity index (χ1n) is 7.89. The third kappa shape index (κ3) is 7.66. The Morgan fingerprint density at radius 3 is 2.75 bits per heavy atom. The minimum absolute atomic E-state index is 0. The Bertz CT molecular complexity index is 485. The van der Waals surface area contributed by atoms with Gasteiger partial charge in [0.25, 0.3) is 0 Å². The Labute approximate surface area is 155 Å². The van der Waals surface area contributed by atoms with Gasteiger partial charge in [-0.1, -0.05) is 6.92 Å². The molecule has 0 amide bonds. The van der Waals surface area contributed by atoms with Gasteiger partial charge in [-0.2, -0.15) is 0 Å². The molecule has 1 saturated carbocycles. The summed E-state index contributed by atoms with van der Waals surface area (Å²) in [4.78, 5) is 16.1. The minimum atomic E-state index is -0.351. The van der Waals surface area contributed by atoms with E-state index in [2.05, 4.69) is 10.3 Å². The molecule has 138 valence electrons. The van der Waals surface area contributed by atoms with E-state index in [4.69, 9.17) is 15.2 Å². The van der Waals surface area contributed by atoms with Crippen molar-refractivity contribution in [3.63, 3.8) is 0 Å². The molecular formula is C16H27Cl2N3O3. The van der Waals surface area contributed by atoms with E-state index in [-0.39, 0.29) is 37.4 Å². The molecule has 0 radical (unpaired) electrons. The van der Waals surface area contributed by atoms with Crippen LogP contribution in [0.25, 0.3) is 0 Å². The molecule has 0 saturated heterocycles. The molecule has 0 spiro atoms. The summed E-state index contributed by atoms with van der Waals surface area (Å²) >= 11 is 0. The SMILES string of the molecule is CCCOCCOC(=O)c1ccnc(NCC2CC(N)C2)c1.Cl.Cl. The minimum Gasteiger partial charge on any atom is -0.460 e. The van der Waals surface area contributed by atoms with Crippen molar-refractivity contribution in [1.82, 2.24) is 4.98 Å². The van der Waals surface area contributed by atoms with Crippen molar-refractivity contribution in [2.45, 2.75) is 32.2 Å². The first-order chi connectivity index (χ1) is 10.7. The second-order valence-electron chi connectivity index (χ2n) is 5.66. The molecule has 1 fully saturated rings. The number of nitrogens with two attached hydrogens (primary N) is 1. The third-order valence-electron chi connectivity index (χ3n) is 3.65. The van der Waals surface area contributed by atoms with E-state index >= 15 is 0 Å². The van der Waals surface area contributed by atoms with Crippen molar-refractivity contribution in [1.29, 1.82) is 0 Å². The smallest absolute Gasteiger partial charge is 0.338 e. The molecule has 3 N–H and O–H groups in total. The first-order valence-corrected chi connectivity index (χ1v) is 7.89. The number of rotatable bonds is 9. The quantitative estimate of drug-likeness (QED) is 0.506. The lowest BCUT2D eigenvalue weighted by molar-refractivity contribution is 0.0318. The van der Waals surface area contributed by atoms with E-state index in [9.17, 15) is 4.79 Å². The van der Waals surface area contributed by atoms with Crippen molar-refractivity contribution in [3.05, 3.63) is 23.9 Å². The number of hydrogen-bond donors (Lipinski definition) is 2. The van der Waals surface area contributed by atoms with Crippen molar-refractivity contribution in [2.24, 2.45) is 11.7 Å². The van der Waals surface area contributed by atoms with Crippen LogP contribution in [-0.2, 0) is 9.47 Å². The molecule has 1 aliphatic carbocycles. The zero-order valence-corrected chi connectivity index (χ0v) is 15.5. The predicted octanol–water partition coefficient (Wildman–Crippen LogP) is 2.66. The predicted molar refractivity (Wildman–Crippen MR) is 99.3 cm³/mol. The highest BCUT2D eigenvalue weighted by Gasteiger charge is 2.25. The van der Waals surface area contributed by atoms with E-state index in [0.29, 0.717) is 36.6 Å². The summed E-state index contributed by atoms with van der Waals surface area (Å²) in [5.74, 6) is 0.941. The van der Waals surface area contributed by atoms with Gasteiger partial charge in [-0.3, -0.25) is 0 Å². The van der Waals surface area contributed by atoms with Gasteiger partial charge >= 0.3 is 5.97 Å². The Hall–Kier alpha value is -1.08. The molecule has 1 aromatic heterocycles. The Balaban J connectivity index is 0.00000264. The summed E-state index contributed by atoms with van der Waals surface area (Å²) in [5, 5.41) is 3.25. The van der Waals surface area contributed by atoms with E-state index in [0.717, 1.165) is 25.8 Å². The van der Waals surface area contributed by atoms with Gasteiger partial charge in [0.2, 0.25) is 0 Å². The number of nitrogens with zero attached hydrogens (tertiary/aromatic N) is 1. The number of esters is 1. The second kappa shape index (κ2) is 12.3. The topological polar surface area (TPSA) is 86.5 Å². The highest BCUT2D eigenvalue weighted by molar-refractivity contribution is 5.90. The molecule has 1 aliphatic rings. The maximum atomic E-state index is 11.9. The molecule has 24 heavy (non-hydrogen) atoms. The van der Waals surface area contributed by atoms with Gasteiger partial charge < -0.3 is 20.5 Å². The average Bonchev–Trinajstić information content (AvgIpc) is 2.50. The zero-order chi connectivity index (χ0) is 15.8. The number of carbonyl (C=O) groups excluding carboxylic acids is 1. The summed E-state index contributed by atoms with van der Waals surface area (Å²) in [5.41, 5.74) is 6.26. The van der Waals surface area contributed by atoms with Crippen LogP contribution in [0.1, 0.15) is 36.5 Å². The van der Waals surface area contributed by atoms with Crippen molar-refractivity contribution < 1.29 is 14.3 Å². The highest BCUT2D eigenvalue weighted by atomic mass is 35.5. The lowest BCUT2D eigenvalue weighted by atomic mass is 9.81. The normalized spacial score (nSPS) is 18.6. The Kier molecular flexibility index (Phi) is 11.8. The van der Waals surface area contributed by atoms with Crippen LogP contribution in [0.2, 0.25) is 0 Å². The van der Waals surface area contributed by atoms with Crippen LogP contribution in [0.5, 0.6) is 0 Å². The first kappa shape index (κ1) is 22.9. The monoisotopic (exact) mass is 379 g/mol. The molecule has 2 rings (SSSR count). The van der Waals surface area contributed by atoms with Gasteiger partial charge in [0.05, 0.1) is 12.2 Å². The van der Waals surface area contributed by atoms with Crippen molar-refractivity contribution in [2.75, 3.05) is 31.7 Å². The molecule has 6 nitrogen and oxygen atoms in total. The Morgan fingerprint density at radius 2 is 2.08 bits per heavy atom. The Morgan fingerprint density at radius 1 is 1.33 bits per heavy atom. The molecule has 0 aliphatic heterocycles. The molecule has 0 bridgehead atoms. The number of hydrogen-bond acceptors (Lipinski definition) is 6. The second-order valence-corrected chi connectivity index (χ2v) is 5.66. The van der Waals surface area contributed by atoms with E-state index in [1.807, 2.05) is 6.92 Å². The maximum absolute atomic E-state index is 11.9. The van der Waals surface area contributed by atoms with Crippen LogP contribution in [0.4, 0.5) is 5.82 Å². The number of ether oxygens (including phenoxy) is 2. The van der Waals surface area contributed by atoms with Gasteiger partial charge in [-0.25, -0.2) is 9.78 Å². The number of aromatic nitrogens is 1. The average molecular weight is 380 g/mol. The maximum Gasteiger partial charge on any atom is 0.338 e. The molecule has 0 unspecified atom stereocenters. The van der Waals surface area contributed by atoms with Crippen LogP contribution in [0, 0.1) is 5.92 Å². The van der Waals surface area contributed by atoms with Crippen LogP contribution in [0.15, 0.2) is 18.3 Å². The summed E-state index contributed by atoms with van der Waals surface area (Å²) in [6.07, 6.45) is 4.66. The lowest BCUT2D eigenvalue weighted by Gasteiger charge is -2.32. The molecule has 1 aromatic rings. The van der Waals surface area contributed by atoms with Crippen molar-refractivity contribution >= 4 is 36.6 Å². The number of carbonyl (C=O) groups is 1. The summed E-state index contributed by atoms with van der Waals surface area (Å²) in [6.45, 7) is 4.26. The summed E-state index contributed by atoms with van der Waals surface area (Å²) in [7, 11) is 0. The zero-order valence-electron chi connectivity index (χ0n) is 13.9. The summed E-state index contributed by atoms with van der Waals surface area (Å²) in [6, 6.07) is 3.71. The fourth-order valence-corrected chi connectivity index (χ4v) is 2.38. The molecule has 0 atom stereocenters. The number of pyridine rings is 1. The molecular weight excluding hydrogens is 353 g/mol. The standard InChI is InChI=1S/C16H25N3O3.2ClH/c1-2-5-21-6-7-22-16(20)13-3-4-18-15(10-13)19-11-12-8-14(17)9-12;;/h3-4,10,12,14H,2,5-9,11,17H2,1H3,(H,18,19);2*1H. The molecule has 1 heterocycles. The largest absolute Gasteiger partial charge is 0.460 e. The highest BCUT2D eigenvalue weighted by Crippen LogP contribution is 2.25. The van der Waals surface area contributed by atoms with Gasteiger partial charge in [-0.15, -0.1) is 24.8 Å². The van der Waals surface area contributed by atoms with Crippen LogP contribution < -0.4 is 11.1 Å². The van der Waals surface area contributed by atoms with E-state index in [1.54, 1.807) is 18.3 Å². The fraction of sp³-hybridized carbons (Fsp3) is 0.625.